The summed E-state index contributed by atoms with van der Waals surface area (Å²) in [5.74, 6) is 2.03. The fourth-order valence-electron chi connectivity index (χ4n) is 3.53. The number of aromatic nitrogens is 1. The molecule has 0 saturated heterocycles. The van der Waals surface area contributed by atoms with Crippen molar-refractivity contribution in [1.29, 1.82) is 0 Å². The second-order valence-electron chi connectivity index (χ2n) is 8.20. The van der Waals surface area contributed by atoms with Crippen LogP contribution in [0.4, 0.5) is 0 Å². The quantitative estimate of drug-likeness (QED) is 0.246. The Labute approximate surface area is 197 Å². The summed E-state index contributed by atoms with van der Waals surface area (Å²) in [6, 6.07) is 19.1. The third kappa shape index (κ3) is 10.3. The number of phenols is 1. The number of benzene rings is 2. The number of hydrogen-bond donors (Lipinski definition) is 1. The second-order valence-corrected chi connectivity index (χ2v) is 8.20. The third-order valence-corrected chi connectivity index (χ3v) is 5.47. The fourth-order valence-corrected chi connectivity index (χ4v) is 3.53. The van der Waals surface area contributed by atoms with Crippen molar-refractivity contribution in [1.82, 2.24) is 4.98 Å². The Balaban J connectivity index is 1.14. The standard InChI is InChI=1S/C29H35NO3/c31-27-13-17-29(18-14-27)33-24-8-6-4-2-1-3-5-7-23-32-28-15-11-25(12-16-28)9-10-26-19-21-30-22-20-26/h9-22,31H,1-8,23-24H2/b10-9+. The van der Waals surface area contributed by atoms with Crippen molar-refractivity contribution in [3.63, 3.8) is 0 Å². The molecule has 0 amide bonds. The Hall–Kier alpha value is -3.27. The van der Waals surface area contributed by atoms with Gasteiger partial charge in [0, 0.05) is 12.4 Å². The maximum Gasteiger partial charge on any atom is 0.119 e. The van der Waals surface area contributed by atoms with Gasteiger partial charge in [-0.15, -0.1) is 0 Å². The molecule has 1 aromatic heterocycles. The molecule has 0 saturated carbocycles. The van der Waals surface area contributed by atoms with Crippen LogP contribution in [0.15, 0.2) is 73.1 Å². The number of pyridine rings is 1. The Morgan fingerprint density at radius 2 is 0.970 bits per heavy atom. The molecule has 4 heteroatoms. The van der Waals surface area contributed by atoms with Gasteiger partial charge in [-0.05, 0) is 72.5 Å². The first-order valence-electron chi connectivity index (χ1n) is 12.0. The second kappa shape index (κ2) is 14.7. The van der Waals surface area contributed by atoms with Crippen molar-refractivity contribution >= 4 is 12.2 Å². The van der Waals surface area contributed by atoms with Crippen LogP contribution in [0.25, 0.3) is 12.2 Å². The van der Waals surface area contributed by atoms with Gasteiger partial charge in [0.2, 0.25) is 0 Å². The minimum atomic E-state index is 0.272. The zero-order chi connectivity index (χ0) is 23.0. The molecule has 3 aromatic rings. The van der Waals surface area contributed by atoms with E-state index in [1.54, 1.807) is 36.7 Å². The zero-order valence-corrected chi connectivity index (χ0v) is 19.4. The molecule has 0 unspecified atom stereocenters. The molecule has 0 spiro atoms. The average Bonchev–Trinajstić information content (AvgIpc) is 2.86. The van der Waals surface area contributed by atoms with Gasteiger partial charge in [-0.25, -0.2) is 0 Å². The molecule has 0 radical (unpaired) electrons. The van der Waals surface area contributed by atoms with E-state index in [9.17, 15) is 5.11 Å². The number of rotatable bonds is 15. The van der Waals surface area contributed by atoms with Crippen LogP contribution in [-0.2, 0) is 0 Å². The lowest BCUT2D eigenvalue weighted by Crippen LogP contribution is -1.97. The SMILES string of the molecule is Oc1ccc(OCCCCCCCCCCOc2ccc(/C=C/c3ccncc3)cc2)cc1. The smallest absolute Gasteiger partial charge is 0.119 e. The van der Waals surface area contributed by atoms with Crippen molar-refractivity contribution < 1.29 is 14.6 Å². The topological polar surface area (TPSA) is 51.6 Å². The van der Waals surface area contributed by atoms with Gasteiger partial charge in [0.1, 0.15) is 17.2 Å². The summed E-state index contributed by atoms with van der Waals surface area (Å²) in [5, 5.41) is 9.26. The number of unbranched alkanes of at least 4 members (excludes halogenated alkanes) is 7. The fraction of sp³-hybridized carbons (Fsp3) is 0.345. The average molecular weight is 446 g/mol. The molecule has 33 heavy (non-hydrogen) atoms. The Kier molecular flexibility index (Phi) is 10.9. The van der Waals surface area contributed by atoms with Crippen LogP contribution >= 0.6 is 0 Å². The van der Waals surface area contributed by atoms with E-state index in [1.165, 1.54) is 38.5 Å². The molecule has 0 bridgehead atoms. The molecule has 174 valence electrons. The van der Waals surface area contributed by atoms with E-state index in [-0.39, 0.29) is 5.75 Å². The van der Waals surface area contributed by atoms with Crippen molar-refractivity contribution in [2.24, 2.45) is 0 Å². The number of hydrogen-bond acceptors (Lipinski definition) is 4. The van der Waals surface area contributed by atoms with E-state index in [1.807, 2.05) is 24.3 Å². The van der Waals surface area contributed by atoms with E-state index in [0.29, 0.717) is 0 Å². The van der Waals surface area contributed by atoms with E-state index in [2.05, 4.69) is 29.3 Å². The van der Waals surface area contributed by atoms with Crippen molar-refractivity contribution in [2.75, 3.05) is 13.2 Å². The van der Waals surface area contributed by atoms with E-state index < -0.39 is 0 Å². The molecule has 4 nitrogen and oxygen atoms in total. The maximum atomic E-state index is 9.26. The monoisotopic (exact) mass is 445 g/mol. The molecule has 1 N–H and O–H groups in total. The van der Waals surface area contributed by atoms with Gasteiger partial charge in [-0.2, -0.15) is 0 Å². The molecular weight excluding hydrogens is 410 g/mol. The summed E-state index contributed by atoms with van der Waals surface area (Å²) in [6.45, 7) is 1.52. The highest BCUT2D eigenvalue weighted by Crippen LogP contribution is 2.17. The van der Waals surface area contributed by atoms with E-state index >= 15 is 0 Å². The first-order valence-corrected chi connectivity index (χ1v) is 12.0. The molecule has 2 aromatic carbocycles. The van der Waals surface area contributed by atoms with Gasteiger partial charge in [0.25, 0.3) is 0 Å². The highest BCUT2D eigenvalue weighted by atomic mass is 16.5. The summed E-state index contributed by atoms with van der Waals surface area (Å²) in [4.78, 5) is 4.03. The largest absolute Gasteiger partial charge is 0.508 e. The van der Waals surface area contributed by atoms with Gasteiger partial charge in [-0.1, -0.05) is 62.8 Å². The molecule has 1 heterocycles. The number of aromatic hydroxyl groups is 1. The van der Waals surface area contributed by atoms with Gasteiger partial charge >= 0.3 is 0 Å². The van der Waals surface area contributed by atoms with Crippen LogP contribution in [-0.4, -0.2) is 23.3 Å². The van der Waals surface area contributed by atoms with Crippen LogP contribution < -0.4 is 9.47 Å². The van der Waals surface area contributed by atoms with Gasteiger partial charge in [0.05, 0.1) is 13.2 Å². The van der Waals surface area contributed by atoms with Crippen LogP contribution in [0.1, 0.15) is 62.5 Å². The molecular formula is C29H35NO3. The summed E-state index contributed by atoms with van der Waals surface area (Å²) in [6.07, 6.45) is 17.5. The summed E-state index contributed by atoms with van der Waals surface area (Å²) in [7, 11) is 0. The number of phenolic OH excluding ortho intramolecular Hbond substituents is 1. The highest BCUT2D eigenvalue weighted by Gasteiger charge is 1.97. The summed E-state index contributed by atoms with van der Waals surface area (Å²) >= 11 is 0. The number of nitrogens with zero attached hydrogens (tertiary/aromatic N) is 1. The van der Waals surface area contributed by atoms with Crippen LogP contribution in [0.2, 0.25) is 0 Å². The van der Waals surface area contributed by atoms with Gasteiger partial charge in [-0.3, -0.25) is 4.98 Å². The van der Waals surface area contributed by atoms with Crippen LogP contribution in [0.5, 0.6) is 17.2 Å². The van der Waals surface area contributed by atoms with E-state index in [0.717, 1.165) is 48.7 Å². The van der Waals surface area contributed by atoms with E-state index in [4.69, 9.17) is 9.47 Å². The van der Waals surface area contributed by atoms with Crippen LogP contribution in [0.3, 0.4) is 0 Å². The van der Waals surface area contributed by atoms with Crippen molar-refractivity contribution in [2.45, 2.75) is 51.4 Å². The highest BCUT2D eigenvalue weighted by molar-refractivity contribution is 5.69. The molecule has 0 fully saturated rings. The molecule has 0 aliphatic heterocycles. The number of ether oxygens (including phenoxy) is 2. The Bertz CT molecular complexity index is 921. The first kappa shape index (κ1) is 24.4. The lowest BCUT2D eigenvalue weighted by molar-refractivity contribution is 0.301. The predicted molar refractivity (Wildman–Crippen MR) is 136 cm³/mol. The first-order chi connectivity index (χ1) is 16.3. The molecule has 3 rings (SSSR count). The zero-order valence-electron chi connectivity index (χ0n) is 19.4. The summed E-state index contributed by atoms with van der Waals surface area (Å²) < 4.78 is 11.6. The van der Waals surface area contributed by atoms with Crippen molar-refractivity contribution in [3.05, 3.63) is 84.2 Å². The minimum Gasteiger partial charge on any atom is -0.508 e. The Morgan fingerprint density at radius 3 is 1.48 bits per heavy atom. The molecule has 0 atom stereocenters. The lowest BCUT2D eigenvalue weighted by Gasteiger charge is -2.07. The van der Waals surface area contributed by atoms with Gasteiger partial charge < -0.3 is 14.6 Å². The lowest BCUT2D eigenvalue weighted by atomic mass is 10.1. The summed E-state index contributed by atoms with van der Waals surface area (Å²) in [5.41, 5.74) is 2.30. The molecule has 0 aliphatic carbocycles. The van der Waals surface area contributed by atoms with Gasteiger partial charge in [0.15, 0.2) is 0 Å². The normalized spacial score (nSPS) is 11.0. The maximum absolute atomic E-state index is 9.26. The minimum absolute atomic E-state index is 0.272. The third-order valence-electron chi connectivity index (χ3n) is 5.47. The Morgan fingerprint density at radius 1 is 0.545 bits per heavy atom. The molecule has 0 aliphatic rings. The van der Waals surface area contributed by atoms with Crippen LogP contribution in [0, 0.1) is 0 Å². The predicted octanol–water partition coefficient (Wildman–Crippen LogP) is 7.54. The van der Waals surface area contributed by atoms with Crippen molar-refractivity contribution in [3.8, 4) is 17.2 Å².